The quantitative estimate of drug-likeness (QED) is 0.682. The van der Waals surface area contributed by atoms with E-state index in [9.17, 15) is 4.79 Å². The number of Topliss-reactive ketones (excluding diaryl/α,β-unsaturated/α-hetero) is 1. The van der Waals surface area contributed by atoms with Crippen LogP contribution in [0.1, 0.15) is 51.9 Å². The van der Waals surface area contributed by atoms with Crippen molar-refractivity contribution in [2.45, 2.75) is 64.0 Å². The second-order valence-electron chi connectivity index (χ2n) is 5.96. The summed E-state index contributed by atoms with van der Waals surface area (Å²) in [7, 11) is 2.18. The third-order valence-corrected chi connectivity index (χ3v) is 4.62. The lowest BCUT2D eigenvalue weighted by Gasteiger charge is -2.46. The Morgan fingerprint density at radius 3 is 2.44 bits per heavy atom. The predicted molar refractivity (Wildman–Crippen MR) is 72.6 cm³/mol. The summed E-state index contributed by atoms with van der Waals surface area (Å²) in [4.78, 5) is 14.7. The molecule has 0 spiro atoms. The van der Waals surface area contributed by atoms with Crippen molar-refractivity contribution in [3.8, 4) is 0 Å². The number of fused-ring (bicyclic) bond motifs is 2. The summed E-state index contributed by atoms with van der Waals surface area (Å²) >= 11 is 0. The third-order valence-electron chi connectivity index (χ3n) is 4.62. The molecule has 2 atom stereocenters. The lowest BCUT2D eigenvalue weighted by Crippen LogP contribution is -2.55. The third kappa shape index (κ3) is 3.33. The number of nitrogens with zero attached hydrogens (tertiary/aromatic N) is 1. The van der Waals surface area contributed by atoms with Gasteiger partial charge in [0.1, 0.15) is 5.78 Å². The molecule has 2 bridgehead atoms. The number of unbranched alkanes of at least 4 members (excludes halogenated alkanes) is 3. The van der Waals surface area contributed by atoms with Crippen LogP contribution in [0.3, 0.4) is 0 Å². The molecule has 2 fully saturated rings. The van der Waals surface area contributed by atoms with Gasteiger partial charge in [0.05, 0.1) is 13.2 Å². The average Bonchev–Trinajstić information content (AvgIpc) is 2.34. The van der Waals surface area contributed by atoms with E-state index < -0.39 is 0 Å². The number of hydrogen-bond acceptors (Lipinski definition) is 3. The minimum atomic E-state index is 0.307. The molecule has 2 unspecified atom stereocenters. The molecule has 0 N–H and O–H groups in total. The first kappa shape index (κ1) is 14.0. The van der Waals surface area contributed by atoms with Gasteiger partial charge < -0.3 is 4.74 Å². The number of hydrogen-bond donors (Lipinski definition) is 0. The molecule has 18 heavy (non-hydrogen) atoms. The molecular weight excluding hydrogens is 226 g/mol. The van der Waals surface area contributed by atoms with Gasteiger partial charge in [-0.2, -0.15) is 0 Å². The van der Waals surface area contributed by atoms with Gasteiger partial charge in [-0.05, 0) is 26.3 Å². The zero-order valence-electron chi connectivity index (χ0n) is 11.9. The van der Waals surface area contributed by atoms with Crippen molar-refractivity contribution in [2.24, 2.45) is 5.92 Å². The van der Waals surface area contributed by atoms with Crippen LogP contribution in [0.25, 0.3) is 0 Å². The molecule has 0 aromatic rings. The fourth-order valence-corrected chi connectivity index (χ4v) is 3.29. The standard InChI is InChI=1S/C15H27NO2/c1-3-4-5-6-7-15(17)12-8-13-10-18-11-14(9-12)16(13)2/h12-14H,3-11H2,1-2H3. The first-order chi connectivity index (χ1) is 8.72. The minimum absolute atomic E-state index is 0.307. The molecule has 0 aromatic carbocycles. The first-order valence-electron chi connectivity index (χ1n) is 7.54. The maximum Gasteiger partial charge on any atom is 0.136 e. The van der Waals surface area contributed by atoms with Crippen LogP contribution in [-0.4, -0.2) is 43.0 Å². The summed E-state index contributed by atoms with van der Waals surface area (Å²) < 4.78 is 5.60. The van der Waals surface area contributed by atoms with E-state index in [0.717, 1.165) is 38.9 Å². The van der Waals surface area contributed by atoms with E-state index in [1.54, 1.807) is 0 Å². The molecule has 0 radical (unpaired) electrons. The highest BCUT2D eigenvalue weighted by atomic mass is 16.5. The van der Waals surface area contributed by atoms with Crippen molar-refractivity contribution < 1.29 is 9.53 Å². The lowest BCUT2D eigenvalue weighted by molar-refractivity contribution is -0.131. The molecule has 0 saturated carbocycles. The smallest absolute Gasteiger partial charge is 0.136 e. The molecular formula is C15H27NO2. The number of ether oxygens (including phenoxy) is 1. The number of morpholine rings is 1. The van der Waals surface area contributed by atoms with E-state index in [0.29, 0.717) is 23.8 Å². The maximum absolute atomic E-state index is 12.2. The van der Waals surface area contributed by atoms with Crippen molar-refractivity contribution in [3.05, 3.63) is 0 Å². The van der Waals surface area contributed by atoms with Gasteiger partial charge in [-0.3, -0.25) is 9.69 Å². The highest BCUT2D eigenvalue weighted by Crippen LogP contribution is 2.31. The topological polar surface area (TPSA) is 29.5 Å². The summed E-state index contributed by atoms with van der Waals surface area (Å²) in [5.41, 5.74) is 0. The zero-order valence-corrected chi connectivity index (χ0v) is 11.9. The van der Waals surface area contributed by atoms with E-state index in [1.807, 2.05) is 0 Å². The van der Waals surface area contributed by atoms with Crippen LogP contribution in [0.15, 0.2) is 0 Å². The normalized spacial score (nSPS) is 32.4. The SMILES string of the molecule is CCCCCCC(=O)C1CC2COCC(C1)N2C. The highest BCUT2D eigenvalue weighted by Gasteiger charge is 2.38. The molecule has 0 amide bonds. The summed E-state index contributed by atoms with van der Waals surface area (Å²) in [6, 6.07) is 0.948. The number of piperidine rings is 1. The Balaban J connectivity index is 1.77. The Labute approximate surface area is 111 Å². The number of ketones is 1. The van der Waals surface area contributed by atoms with Gasteiger partial charge in [0.2, 0.25) is 0 Å². The Morgan fingerprint density at radius 1 is 1.17 bits per heavy atom. The Bertz CT molecular complexity index is 266. The van der Waals surface area contributed by atoms with Gasteiger partial charge in [0, 0.05) is 24.4 Å². The van der Waals surface area contributed by atoms with Crippen molar-refractivity contribution in [1.29, 1.82) is 0 Å². The van der Waals surface area contributed by atoms with Crippen LogP contribution in [0.2, 0.25) is 0 Å². The second kappa shape index (κ2) is 6.67. The molecule has 2 heterocycles. The number of carbonyl (C=O) groups is 1. The van der Waals surface area contributed by atoms with Crippen LogP contribution in [-0.2, 0) is 9.53 Å². The predicted octanol–water partition coefficient (Wildman–Crippen LogP) is 2.64. The van der Waals surface area contributed by atoms with E-state index in [2.05, 4.69) is 18.9 Å². The van der Waals surface area contributed by atoms with Crippen LogP contribution in [0.4, 0.5) is 0 Å². The molecule has 2 aliphatic rings. The molecule has 2 saturated heterocycles. The first-order valence-corrected chi connectivity index (χ1v) is 7.54. The second-order valence-corrected chi connectivity index (χ2v) is 5.96. The molecule has 104 valence electrons. The van der Waals surface area contributed by atoms with E-state index in [4.69, 9.17) is 4.74 Å². The maximum atomic E-state index is 12.2. The van der Waals surface area contributed by atoms with Gasteiger partial charge in [0.25, 0.3) is 0 Å². The highest BCUT2D eigenvalue weighted by molar-refractivity contribution is 5.81. The van der Waals surface area contributed by atoms with Crippen molar-refractivity contribution in [1.82, 2.24) is 4.90 Å². The molecule has 3 nitrogen and oxygen atoms in total. The van der Waals surface area contributed by atoms with Crippen molar-refractivity contribution in [3.63, 3.8) is 0 Å². The Hall–Kier alpha value is -0.410. The van der Waals surface area contributed by atoms with E-state index >= 15 is 0 Å². The van der Waals surface area contributed by atoms with Crippen molar-refractivity contribution in [2.75, 3.05) is 20.3 Å². The molecule has 0 aromatic heterocycles. The molecule has 0 aliphatic carbocycles. The lowest BCUT2D eigenvalue weighted by atomic mass is 9.81. The monoisotopic (exact) mass is 253 g/mol. The van der Waals surface area contributed by atoms with Crippen LogP contribution >= 0.6 is 0 Å². The van der Waals surface area contributed by atoms with Crippen LogP contribution in [0.5, 0.6) is 0 Å². The van der Waals surface area contributed by atoms with Gasteiger partial charge in [0.15, 0.2) is 0 Å². The molecule has 2 aliphatic heterocycles. The fourth-order valence-electron chi connectivity index (χ4n) is 3.29. The van der Waals surface area contributed by atoms with E-state index in [-0.39, 0.29) is 0 Å². The Kier molecular flexibility index (Phi) is 5.19. The van der Waals surface area contributed by atoms with Gasteiger partial charge in [-0.1, -0.05) is 26.2 Å². The van der Waals surface area contributed by atoms with Gasteiger partial charge >= 0.3 is 0 Å². The summed E-state index contributed by atoms with van der Waals surface area (Å²) in [6.45, 7) is 3.83. The fraction of sp³-hybridized carbons (Fsp3) is 0.933. The number of rotatable bonds is 6. The zero-order chi connectivity index (χ0) is 13.0. The minimum Gasteiger partial charge on any atom is -0.378 e. The largest absolute Gasteiger partial charge is 0.378 e. The van der Waals surface area contributed by atoms with E-state index in [1.165, 1.54) is 19.3 Å². The summed E-state index contributed by atoms with van der Waals surface area (Å²) in [6.07, 6.45) is 7.63. The Morgan fingerprint density at radius 2 is 1.83 bits per heavy atom. The molecule has 3 heteroatoms. The van der Waals surface area contributed by atoms with Crippen molar-refractivity contribution >= 4 is 5.78 Å². The van der Waals surface area contributed by atoms with Crippen LogP contribution in [0, 0.1) is 5.92 Å². The van der Waals surface area contributed by atoms with Gasteiger partial charge in [-0.25, -0.2) is 0 Å². The van der Waals surface area contributed by atoms with Gasteiger partial charge in [-0.15, -0.1) is 0 Å². The summed E-state index contributed by atoms with van der Waals surface area (Å²) in [5, 5.41) is 0. The summed E-state index contributed by atoms with van der Waals surface area (Å²) in [5.74, 6) is 0.817. The molecule has 2 rings (SSSR count). The average molecular weight is 253 g/mol. The number of likely N-dealkylation sites (N-methyl/N-ethyl adjacent to an activating group) is 1. The van der Waals surface area contributed by atoms with Crippen LogP contribution < -0.4 is 0 Å². The number of carbonyl (C=O) groups excluding carboxylic acids is 1.